The summed E-state index contributed by atoms with van der Waals surface area (Å²) in [5.41, 5.74) is 2.07. The van der Waals surface area contributed by atoms with Gasteiger partial charge in [0.1, 0.15) is 11.3 Å². The average Bonchev–Trinajstić information content (AvgIpc) is 2.94. The number of carbonyl (C=O) groups is 2. The van der Waals surface area contributed by atoms with Crippen molar-refractivity contribution in [3.63, 3.8) is 0 Å². The highest BCUT2D eigenvalue weighted by Gasteiger charge is 2.38. The van der Waals surface area contributed by atoms with Crippen LogP contribution in [0.25, 0.3) is 0 Å². The third-order valence-corrected chi connectivity index (χ3v) is 3.87. The van der Waals surface area contributed by atoms with Crippen molar-refractivity contribution in [1.82, 2.24) is 0 Å². The molecule has 0 atom stereocenters. The van der Waals surface area contributed by atoms with Gasteiger partial charge in [0.15, 0.2) is 0 Å². The van der Waals surface area contributed by atoms with Crippen molar-refractivity contribution in [1.29, 1.82) is 0 Å². The van der Waals surface area contributed by atoms with E-state index in [1.54, 1.807) is 6.08 Å². The van der Waals surface area contributed by atoms with Gasteiger partial charge in [0.2, 0.25) is 0 Å². The van der Waals surface area contributed by atoms with Crippen LogP contribution in [0.2, 0.25) is 0 Å². The third kappa shape index (κ3) is 3.74. The molecule has 0 bridgehead atoms. The number of rotatable bonds is 3. The van der Waals surface area contributed by atoms with Crippen LogP contribution in [0.3, 0.4) is 0 Å². The molecule has 1 N–H and O–H groups in total. The van der Waals surface area contributed by atoms with Crippen LogP contribution < -0.4 is 4.90 Å². The lowest BCUT2D eigenvalue weighted by Gasteiger charge is -2.29. The Bertz CT molecular complexity index is 782. The predicted octanol–water partition coefficient (Wildman–Crippen LogP) is 2.77. The lowest BCUT2D eigenvalue weighted by molar-refractivity contribution is -0.222. The van der Waals surface area contributed by atoms with Gasteiger partial charge in [0.05, 0.1) is 0 Å². The van der Waals surface area contributed by atoms with Crippen molar-refractivity contribution in [3.05, 3.63) is 65.6 Å². The first-order chi connectivity index (χ1) is 11.9. The quantitative estimate of drug-likeness (QED) is 0.299. The first-order valence-electron chi connectivity index (χ1n) is 7.96. The fraction of sp³-hybridized carbons (Fsp3) is 0.263. The van der Waals surface area contributed by atoms with E-state index >= 15 is 0 Å². The number of nitrogens with zero attached hydrogens (tertiary/aromatic N) is 1. The van der Waals surface area contributed by atoms with Crippen LogP contribution in [-0.4, -0.2) is 29.4 Å². The van der Waals surface area contributed by atoms with E-state index in [9.17, 15) is 14.7 Å². The van der Waals surface area contributed by atoms with Crippen LogP contribution in [0.15, 0.2) is 60.0 Å². The Morgan fingerprint density at radius 3 is 2.60 bits per heavy atom. The number of carbonyl (C=O) groups excluding carboxylic acids is 2. The van der Waals surface area contributed by atoms with Crippen LogP contribution >= 0.6 is 0 Å². The van der Waals surface area contributed by atoms with Gasteiger partial charge in [0, 0.05) is 38.4 Å². The number of allylic oxidation sites excluding steroid dienone is 3. The summed E-state index contributed by atoms with van der Waals surface area (Å²) >= 11 is 0. The minimum atomic E-state index is -1.30. The first kappa shape index (κ1) is 16.8. The number of aliphatic hydroxyl groups excluding tert-OH is 1. The fourth-order valence-electron chi connectivity index (χ4n) is 2.74. The summed E-state index contributed by atoms with van der Waals surface area (Å²) in [6.07, 6.45) is 6.89. The number of aliphatic hydroxyl groups is 1. The number of benzene rings is 1. The van der Waals surface area contributed by atoms with Gasteiger partial charge < -0.3 is 19.5 Å². The van der Waals surface area contributed by atoms with E-state index in [2.05, 4.69) is 11.0 Å². The predicted molar refractivity (Wildman–Crippen MR) is 91.7 cm³/mol. The molecule has 1 aromatic carbocycles. The highest BCUT2D eigenvalue weighted by atomic mass is 16.7. The molecule has 6 heteroatoms. The van der Waals surface area contributed by atoms with E-state index in [1.165, 1.54) is 25.5 Å². The maximum atomic E-state index is 11.8. The van der Waals surface area contributed by atoms with E-state index in [0.717, 1.165) is 24.7 Å². The SMILES string of the molecule is CC1(C)OC(=O)C(=C/C(O)=C/C=C/N2CCc3ccccc32)C(=O)O1. The average molecular weight is 341 g/mol. The molecule has 0 aromatic heterocycles. The summed E-state index contributed by atoms with van der Waals surface area (Å²) < 4.78 is 9.94. The van der Waals surface area contributed by atoms with E-state index in [4.69, 9.17) is 9.47 Å². The van der Waals surface area contributed by atoms with Crippen LogP contribution in [0.4, 0.5) is 5.69 Å². The van der Waals surface area contributed by atoms with Crippen LogP contribution in [0, 0.1) is 0 Å². The van der Waals surface area contributed by atoms with Crippen molar-refractivity contribution < 1.29 is 24.2 Å². The Morgan fingerprint density at radius 1 is 1.20 bits per heavy atom. The Balaban J connectivity index is 1.70. The summed E-state index contributed by atoms with van der Waals surface area (Å²) in [5, 5.41) is 9.94. The van der Waals surface area contributed by atoms with E-state index in [-0.39, 0.29) is 11.3 Å². The van der Waals surface area contributed by atoms with Crippen molar-refractivity contribution in [3.8, 4) is 0 Å². The smallest absolute Gasteiger partial charge is 0.348 e. The van der Waals surface area contributed by atoms with E-state index in [1.807, 2.05) is 24.4 Å². The minimum Gasteiger partial charge on any atom is -0.508 e. The normalized spacial score (nSPS) is 19.7. The summed E-state index contributed by atoms with van der Waals surface area (Å²) in [7, 11) is 0. The summed E-state index contributed by atoms with van der Waals surface area (Å²) in [4.78, 5) is 25.7. The molecular formula is C19H19NO5. The highest BCUT2D eigenvalue weighted by molar-refractivity contribution is 6.15. The molecule has 0 aliphatic carbocycles. The van der Waals surface area contributed by atoms with Crippen LogP contribution in [0.5, 0.6) is 0 Å². The largest absolute Gasteiger partial charge is 0.508 e. The minimum absolute atomic E-state index is 0.243. The molecule has 0 saturated carbocycles. The van der Waals surface area contributed by atoms with Crippen LogP contribution in [0.1, 0.15) is 19.4 Å². The Labute approximate surface area is 145 Å². The Kier molecular flexibility index (Phi) is 4.35. The summed E-state index contributed by atoms with van der Waals surface area (Å²) in [6, 6.07) is 8.11. The second-order valence-electron chi connectivity index (χ2n) is 6.24. The van der Waals surface area contributed by atoms with Gasteiger partial charge in [-0.3, -0.25) is 0 Å². The second kappa shape index (κ2) is 6.47. The number of anilines is 1. The molecule has 0 amide bonds. The number of esters is 2. The summed E-state index contributed by atoms with van der Waals surface area (Å²) in [6.45, 7) is 3.79. The van der Waals surface area contributed by atoms with Gasteiger partial charge in [-0.05, 0) is 30.2 Å². The second-order valence-corrected chi connectivity index (χ2v) is 6.24. The van der Waals surface area contributed by atoms with Gasteiger partial charge >= 0.3 is 11.9 Å². The summed E-state index contributed by atoms with van der Waals surface area (Å²) in [5.74, 6) is -3.18. The van der Waals surface area contributed by atoms with E-state index < -0.39 is 17.7 Å². The zero-order valence-corrected chi connectivity index (χ0v) is 14.1. The molecular weight excluding hydrogens is 322 g/mol. The third-order valence-electron chi connectivity index (χ3n) is 3.87. The molecule has 1 aromatic rings. The number of hydrogen-bond donors (Lipinski definition) is 1. The molecule has 25 heavy (non-hydrogen) atoms. The molecule has 2 aliphatic rings. The monoisotopic (exact) mass is 341 g/mol. The van der Waals surface area contributed by atoms with Gasteiger partial charge in [-0.1, -0.05) is 18.2 Å². The van der Waals surface area contributed by atoms with Crippen molar-refractivity contribution in [2.24, 2.45) is 0 Å². The molecule has 1 saturated heterocycles. The van der Waals surface area contributed by atoms with Crippen molar-refractivity contribution >= 4 is 17.6 Å². The molecule has 3 rings (SSSR count). The number of cyclic esters (lactones) is 2. The lowest BCUT2D eigenvalue weighted by atomic mass is 10.2. The number of hydrogen-bond acceptors (Lipinski definition) is 6. The number of fused-ring (bicyclic) bond motifs is 1. The van der Waals surface area contributed by atoms with Gasteiger partial charge in [-0.15, -0.1) is 0 Å². The van der Waals surface area contributed by atoms with Gasteiger partial charge in [-0.25, -0.2) is 9.59 Å². The van der Waals surface area contributed by atoms with Gasteiger partial charge in [-0.2, -0.15) is 0 Å². The van der Waals surface area contributed by atoms with Crippen LogP contribution in [-0.2, 0) is 25.5 Å². The molecule has 2 aliphatic heterocycles. The molecule has 2 heterocycles. The lowest BCUT2D eigenvalue weighted by Crippen LogP contribution is -2.41. The standard InChI is InChI=1S/C19H19NO5/c1-19(2)24-17(22)15(18(23)25-19)12-14(21)7-5-10-20-11-9-13-6-3-4-8-16(13)20/h3-8,10,12,21H,9,11H2,1-2H3/b10-5+,14-7-. The number of para-hydroxylation sites is 1. The maximum absolute atomic E-state index is 11.8. The Hall–Kier alpha value is -3.02. The first-order valence-corrected chi connectivity index (χ1v) is 7.96. The van der Waals surface area contributed by atoms with E-state index in [0.29, 0.717) is 0 Å². The highest BCUT2D eigenvalue weighted by Crippen LogP contribution is 2.27. The molecule has 130 valence electrons. The molecule has 1 fully saturated rings. The fourth-order valence-corrected chi connectivity index (χ4v) is 2.74. The molecule has 0 unspecified atom stereocenters. The zero-order valence-electron chi connectivity index (χ0n) is 14.1. The number of ether oxygens (including phenoxy) is 2. The Morgan fingerprint density at radius 2 is 1.88 bits per heavy atom. The van der Waals surface area contributed by atoms with Crippen molar-refractivity contribution in [2.75, 3.05) is 11.4 Å². The molecule has 0 spiro atoms. The topological polar surface area (TPSA) is 76.1 Å². The molecule has 6 nitrogen and oxygen atoms in total. The maximum Gasteiger partial charge on any atom is 0.348 e. The zero-order chi connectivity index (χ0) is 18.0. The van der Waals surface area contributed by atoms with Crippen molar-refractivity contribution in [2.45, 2.75) is 26.1 Å². The van der Waals surface area contributed by atoms with Gasteiger partial charge in [0.25, 0.3) is 5.79 Å². The molecule has 0 radical (unpaired) electrons.